The van der Waals surface area contributed by atoms with E-state index in [-0.39, 0.29) is 5.41 Å². The minimum atomic E-state index is -0.777. The summed E-state index contributed by atoms with van der Waals surface area (Å²) in [6.45, 7) is 8.33. The van der Waals surface area contributed by atoms with Gasteiger partial charge in [-0.15, -0.1) is 0 Å². The van der Waals surface area contributed by atoms with Gasteiger partial charge in [0.2, 0.25) is 0 Å². The molecule has 0 aromatic carbocycles. The Bertz CT molecular complexity index is 429. The summed E-state index contributed by atoms with van der Waals surface area (Å²) < 4.78 is 0. The van der Waals surface area contributed by atoms with Gasteiger partial charge in [0.05, 0.1) is 5.60 Å². The zero-order valence-corrected chi connectivity index (χ0v) is 13.1. The zero-order valence-electron chi connectivity index (χ0n) is 12.3. The maximum Gasteiger partial charge on any atom is 0.138 e. The fourth-order valence-corrected chi connectivity index (χ4v) is 2.26. The molecular weight excluding hydrogens is 260 g/mol. The second kappa shape index (κ2) is 5.96. The van der Waals surface area contributed by atoms with Crippen LogP contribution in [0.1, 0.15) is 33.5 Å². The molecule has 0 radical (unpaired) electrons. The molecule has 1 aromatic rings. The van der Waals surface area contributed by atoms with Crippen LogP contribution in [0.3, 0.4) is 0 Å². The molecule has 1 aromatic heterocycles. The molecule has 1 atom stereocenters. The second-order valence-corrected chi connectivity index (χ2v) is 6.90. The maximum absolute atomic E-state index is 10.1. The molecule has 0 aliphatic heterocycles. The van der Waals surface area contributed by atoms with E-state index < -0.39 is 5.60 Å². The second-order valence-electron chi connectivity index (χ2n) is 6.04. The Morgan fingerprint density at radius 2 is 1.95 bits per heavy atom. The van der Waals surface area contributed by atoms with Crippen LogP contribution in [0.2, 0.25) is 0 Å². The summed E-state index contributed by atoms with van der Waals surface area (Å²) in [6.07, 6.45) is 1.97. The number of anilines is 2. The number of aromatic nitrogens is 2. The van der Waals surface area contributed by atoms with Gasteiger partial charge in [-0.25, -0.2) is 9.97 Å². The topological polar surface area (TPSA) is 84.1 Å². The van der Waals surface area contributed by atoms with Gasteiger partial charge in [-0.3, -0.25) is 0 Å². The molecule has 0 bridgehead atoms. The largest absolute Gasteiger partial charge is 0.387 e. The van der Waals surface area contributed by atoms with Crippen molar-refractivity contribution in [1.29, 1.82) is 0 Å². The van der Waals surface area contributed by atoms with Crippen molar-refractivity contribution in [3.8, 4) is 0 Å². The van der Waals surface area contributed by atoms with Crippen LogP contribution >= 0.6 is 11.8 Å². The van der Waals surface area contributed by atoms with E-state index in [1.54, 1.807) is 24.8 Å². The van der Waals surface area contributed by atoms with E-state index in [2.05, 4.69) is 15.3 Å². The smallest absolute Gasteiger partial charge is 0.138 e. The molecule has 0 saturated heterocycles. The number of nitrogens with two attached hydrogens (primary N) is 1. The van der Waals surface area contributed by atoms with Gasteiger partial charge in [0.25, 0.3) is 0 Å². The molecule has 0 saturated carbocycles. The summed E-state index contributed by atoms with van der Waals surface area (Å²) in [7, 11) is 0. The van der Waals surface area contributed by atoms with E-state index in [9.17, 15) is 5.11 Å². The lowest BCUT2D eigenvalue weighted by Gasteiger charge is -2.24. The Labute approximate surface area is 119 Å². The lowest BCUT2D eigenvalue weighted by molar-refractivity contribution is 0.0996. The van der Waals surface area contributed by atoms with Crippen LogP contribution in [0, 0.1) is 0 Å². The molecule has 19 heavy (non-hydrogen) atoms. The molecule has 1 unspecified atom stereocenters. The van der Waals surface area contributed by atoms with E-state index in [1.165, 1.54) is 0 Å². The van der Waals surface area contributed by atoms with E-state index >= 15 is 0 Å². The van der Waals surface area contributed by atoms with Gasteiger partial charge >= 0.3 is 0 Å². The van der Waals surface area contributed by atoms with Crippen LogP contribution in [0.5, 0.6) is 0 Å². The number of nitrogens with one attached hydrogen (secondary N) is 1. The lowest BCUT2D eigenvalue weighted by atomic mass is 9.96. The van der Waals surface area contributed by atoms with Gasteiger partial charge < -0.3 is 16.2 Å². The molecule has 6 heteroatoms. The highest BCUT2D eigenvalue weighted by molar-refractivity contribution is 7.98. The fourth-order valence-electron chi connectivity index (χ4n) is 1.53. The van der Waals surface area contributed by atoms with E-state index in [0.717, 1.165) is 0 Å². The predicted molar refractivity (Wildman–Crippen MR) is 82.6 cm³/mol. The number of hydrogen-bond donors (Lipinski definition) is 3. The first-order valence-corrected chi connectivity index (χ1v) is 7.64. The van der Waals surface area contributed by atoms with Crippen molar-refractivity contribution in [2.45, 2.75) is 38.7 Å². The number of nitrogens with zero attached hydrogens (tertiary/aromatic N) is 2. The van der Waals surface area contributed by atoms with Crippen LogP contribution in [0.4, 0.5) is 11.6 Å². The third-order valence-corrected chi connectivity index (χ3v) is 3.43. The van der Waals surface area contributed by atoms with Crippen LogP contribution in [-0.2, 0) is 5.41 Å². The summed E-state index contributed by atoms with van der Waals surface area (Å²) in [5.74, 6) is 2.44. The molecule has 108 valence electrons. The minimum Gasteiger partial charge on any atom is -0.387 e. The first-order chi connectivity index (χ1) is 8.64. The van der Waals surface area contributed by atoms with Crippen LogP contribution in [-0.4, -0.2) is 39.2 Å². The van der Waals surface area contributed by atoms with Crippen molar-refractivity contribution >= 4 is 23.4 Å². The Hall–Kier alpha value is -1.01. The first-order valence-electron chi connectivity index (χ1n) is 6.24. The minimum absolute atomic E-state index is 0.159. The lowest BCUT2D eigenvalue weighted by Crippen LogP contribution is -2.36. The number of thioether (sulfide) groups is 1. The highest BCUT2D eigenvalue weighted by Gasteiger charge is 2.21. The third-order valence-electron chi connectivity index (χ3n) is 2.52. The van der Waals surface area contributed by atoms with Crippen molar-refractivity contribution < 1.29 is 5.11 Å². The molecule has 0 amide bonds. The normalized spacial score (nSPS) is 15.1. The average molecular weight is 284 g/mol. The van der Waals surface area contributed by atoms with Crippen LogP contribution in [0.25, 0.3) is 0 Å². The molecular formula is C13H24N4OS. The Kier molecular flexibility index (Phi) is 5.04. The van der Waals surface area contributed by atoms with E-state index in [0.29, 0.717) is 29.8 Å². The highest BCUT2D eigenvalue weighted by atomic mass is 32.2. The number of nitrogen functional groups attached to an aromatic ring is 1. The molecule has 4 N–H and O–H groups in total. The zero-order chi connectivity index (χ0) is 14.7. The molecule has 0 aliphatic carbocycles. The molecule has 5 nitrogen and oxygen atoms in total. The van der Waals surface area contributed by atoms with E-state index in [1.807, 2.05) is 27.0 Å². The molecule has 0 aliphatic rings. The van der Waals surface area contributed by atoms with Gasteiger partial charge in [-0.05, 0) is 13.2 Å². The monoisotopic (exact) mass is 284 g/mol. The maximum atomic E-state index is 10.1. The third kappa shape index (κ3) is 5.24. The van der Waals surface area contributed by atoms with Crippen molar-refractivity contribution in [3.05, 3.63) is 11.9 Å². The summed E-state index contributed by atoms with van der Waals surface area (Å²) in [5, 5.41) is 13.2. The summed E-state index contributed by atoms with van der Waals surface area (Å²) >= 11 is 1.61. The number of rotatable bonds is 5. The van der Waals surface area contributed by atoms with Crippen molar-refractivity contribution in [3.63, 3.8) is 0 Å². The van der Waals surface area contributed by atoms with Gasteiger partial charge in [0, 0.05) is 23.8 Å². The predicted octanol–water partition coefficient (Wildman–Crippen LogP) is 1.88. The Morgan fingerprint density at radius 3 is 2.47 bits per heavy atom. The molecule has 0 fully saturated rings. The fraction of sp³-hybridized carbons (Fsp3) is 0.692. The van der Waals surface area contributed by atoms with Crippen molar-refractivity contribution in [2.24, 2.45) is 0 Å². The molecule has 1 rings (SSSR count). The van der Waals surface area contributed by atoms with Crippen LogP contribution in [0.15, 0.2) is 6.07 Å². The number of aliphatic hydroxyl groups is 1. The average Bonchev–Trinajstić information content (AvgIpc) is 2.24. The quantitative estimate of drug-likeness (QED) is 0.765. The standard InChI is InChI=1S/C13H24N4OS/c1-12(2,3)11-16-9(14)6-10(17-11)15-7-13(4,18)8-19-5/h6,18H,7-8H2,1-5H3,(H3,14,15,16,17). The van der Waals surface area contributed by atoms with Crippen molar-refractivity contribution in [2.75, 3.05) is 29.6 Å². The van der Waals surface area contributed by atoms with Gasteiger partial charge in [-0.1, -0.05) is 20.8 Å². The van der Waals surface area contributed by atoms with Gasteiger partial charge in [0.1, 0.15) is 17.5 Å². The Balaban J connectivity index is 2.82. The molecule has 0 spiro atoms. The number of hydrogen-bond acceptors (Lipinski definition) is 6. The van der Waals surface area contributed by atoms with Gasteiger partial charge in [-0.2, -0.15) is 11.8 Å². The van der Waals surface area contributed by atoms with E-state index in [4.69, 9.17) is 5.73 Å². The Morgan fingerprint density at radius 1 is 1.32 bits per heavy atom. The first kappa shape index (κ1) is 16.0. The van der Waals surface area contributed by atoms with Crippen LogP contribution < -0.4 is 11.1 Å². The summed E-state index contributed by atoms with van der Waals surface area (Å²) in [5.41, 5.74) is 4.86. The van der Waals surface area contributed by atoms with Crippen molar-refractivity contribution in [1.82, 2.24) is 9.97 Å². The molecule has 1 heterocycles. The summed E-state index contributed by atoms with van der Waals surface area (Å²) in [6, 6.07) is 1.68. The highest BCUT2D eigenvalue weighted by Crippen LogP contribution is 2.21. The van der Waals surface area contributed by atoms with Gasteiger partial charge in [0.15, 0.2) is 0 Å². The SMILES string of the molecule is CSCC(C)(O)CNc1cc(N)nc(C(C)(C)C)n1. The summed E-state index contributed by atoms with van der Waals surface area (Å²) in [4.78, 5) is 8.69.